The quantitative estimate of drug-likeness (QED) is 0.731. The number of hydrogen-bond acceptors (Lipinski definition) is 5. The molecule has 0 saturated heterocycles. The predicted molar refractivity (Wildman–Crippen MR) is 56.4 cm³/mol. The zero-order chi connectivity index (χ0) is 12.1. The van der Waals surface area contributed by atoms with Crippen molar-refractivity contribution in [2.75, 3.05) is 20.8 Å². The molecule has 2 N–H and O–H groups in total. The van der Waals surface area contributed by atoms with E-state index in [0.717, 1.165) is 0 Å². The molecule has 5 nitrogen and oxygen atoms in total. The lowest BCUT2D eigenvalue weighted by atomic mass is 10.1. The van der Waals surface area contributed by atoms with Gasteiger partial charge in [-0.05, 0) is 17.7 Å². The first-order valence-corrected chi connectivity index (χ1v) is 4.69. The van der Waals surface area contributed by atoms with Crippen LogP contribution in [0.25, 0.3) is 0 Å². The Morgan fingerprint density at radius 3 is 2.62 bits per heavy atom. The Morgan fingerprint density at radius 1 is 1.44 bits per heavy atom. The lowest BCUT2D eigenvalue weighted by Gasteiger charge is -2.11. The van der Waals surface area contributed by atoms with Crippen molar-refractivity contribution in [3.8, 4) is 5.75 Å². The summed E-state index contributed by atoms with van der Waals surface area (Å²) in [4.78, 5) is 11.3. The third-order valence-corrected chi connectivity index (χ3v) is 2.19. The summed E-state index contributed by atoms with van der Waals surface area (Å²) in [5.41, 5.74) is 0.755. The number of carbonyl (C=O) groups excluding carboxylic acids is 1. The third kappa shape index (κ3) is 2.50. The first-order chi connectivity index (χ1) is 7.63. The first-order valence-electron chi connectivity index (χ1n) is 4.69. The lowest BCUT2D eigenvalue weighted by molar-refractivity contribution is 0.0596. The fourth-order valence-electron chi connectivity index (χ4n) is 1.30. The van der Waals surface area contributed by atoms with Crippen LogP contribution in [0.15, 0.2) is 18.2 Å². The van der Waals surface area contributed by atoms with E-state index in [4.69, 9.17) is 9.84 Å². The number of benzene rings is 1. The molecule has 1 atom stereocenters. The largest absolute Gasteiger partial charge is 0.496 e. The second-order valence-electron chi connectivity index (χ2n) is 3.15. The van der Waals surface area contributed by atoms with Crippen molar-refractivity contribution < 1.29 is 24.5 Å². The Bertz CT molecular complexity index is 375. The number of ether oxygens (including phenoxy) is 2. The van der Waals surface area contributed by atoms with Crippen LogP contribution >= 0.6 is 0 Å². The minimum atomic E-state index is -0.986. The number of esters is 1. The minimum absolute atomic E-state index is 0.277. The number of rotatable bonds is 4. The molecule has 0 aliphatic carbocycles. The van der Waals surface area contributed by atoms with E-state index in [1.54, 1.807) is 0 Å². The van der Waals surface area contributed by atoms with Crippen molar-refractivity contribution in [2.45, 2.75) is 6.10 Å². The van der Waals surface area contributed by atoms with Crippen LogP contribution in [0.4, 0.5) is 0 Å². The first kappa shape index (κ1) is 12.5. The molecule has 1 aromatic rings. The SMILES string of the molecule is COC(=O)c1ccc(C(O)CO)cc1OC. The highest BCUT2D eigenvalue weighted by molar-refractivity contribution is 5.92. The molecule has 1 aromatic carbocycles. The maximum absolute atomic E-state index is 11.3. The monoisotopic (exact) mass is 226 g/mol. The molecule has 0 aromatic heterocycles. The van der Waals surface area contributed by atoms with Crippen molar-refractivity contribution in [1.82, 2.24) is 0 Å². The van der Waals surface area contributed by atoms with Crippen LogP contribution in [0, 0.1) is 0 Å². The fraction of sp³-hybridized carbons (Fsp3) is 0.364. The molecular weight excluding hydrogens is 212 g/mol. The Hall–Kier alpha value is -1.59. The van der Waals surface area contributed by atoms with Crippen LogP contribution in [-0.2, 0) is 4.74 Å². The van der Waals surface area contributed by atoms with Gasteiger partial charge in [-0.25, -0.2) is 4.79 Å². The van der Waals surface area contributed by atoms with E-state index < -0.39 is 12.1 Å². The molecule has 1 unspecified atom stereocenters. The van der Waals surface area contributed by atoms with Gasteiger partial charge < -0.3 is 19.7 Å². The zero-order valence-electron chi connectivity index (χ0n) is 9.14. The summed E-state index contributed by atoms with van der Waals surface area (Å²) in [6, 6.07) is 4.52. The summed E-state index contributed by atoms with van der Waals surface area (Å²) in [6.45, 7) is -0.388. The highest BCUT2D eigenvalue weighted by Crippen LogP contribution is 2.24. The number of aliphatic hydroxyl groups excluding tert-OH is 2. The third-order valence-electron chi connectivity index (χ3n) is 2.19. The molecule has 0 aliphatic heterocycles. The van der Waals surface area contributed by atoms with Crippen LogP contribution in [-0.4, -0.2) is 37.0 Å². The van der Waals surface area contributed by atoms with E-state index >= 15 is 0 Å². The molecular formula is C11H14O5. The van der Waals surface area contributed by atoms with E-state index in [-0.39, 0.29) is 12.2 Å². The molecule has 0 spiro atoms. The highest BCUT2D eigenvalue weighted by atomic mass is 16.5. The molecule has 5 heteroatoms. The number of hydrogen-bond donors (Lipinski definition) is 2. The number of methoxy groups -OCH3 is 2. The van der Waals surface area contributed by atoms with Crippen molar-refractivity contribution in [2.24, 2.45) is 0 Å². The average molecular weight is 226 g/mol. The Labute approximate surface area is 93.2 Å². The van der Waals surface area contributed by atoms with Gasteiger partial charge in [-0.3, -0.25) is 0 Å². The molecule has 0 radical (unpaired) electrons. The average Bonchev–Trinajstić information content (AvgIpc) is 2.35. The molecule has 0 fully saturated rings. The van der Waals surface area contributed by atoms with E-state index in [9.17, 15) is 9.90 Å². The molecule has 0 bridgehead atoms. The van der Waals surface area contributed by atoms with Crippen molar-refractivity contribution >= 4 is 5.97 Å². The van der Waals surface area contributed by atoms with Gasteiger partial charge in [-0.2, -0.15) is 0 Å². The summed E-state index contributed by atoms with van der Waals surface area (Å²) in [5, 5.41) is 18.2. The van der Waals surface area contributed by atoms with Gasteiger partial charge in [0, 0.05) is 0 Å². The molecule has 0 aliphatic rings. The summed E-state index contributed by atoms with van der Waals surface area (Å²) >= 11 is 0. The maximum atomic E-state index is 11.3. The molecule has 0 heterocycles. The van der Waals surface area contributed by atoms with Crippen LogP contribution < -0.4 is 4.74 Å². The van der Waals surface area contributed by atoms with E-state index in [1.807, 2.05) is 0 Å². The molecule has 0 amide bonds. The van der Waals surface area contributed by atoms with Crippen molar-refractivity contribution in [3.63, 3.8) is 0 Å². The summed E-state index contributed by atoms with van der Waals surface area (Å²) in [5.74, 6) is -0.210. The molecule has 1 rings (SSSR count). The Balaban J connectivity index is 3.11. The lowest BCUT2D eigenvalue weighted by Crippen LogP contribution is -2.07. The van der Waals surface area contributed by atoms with Crippen LogP contribution in [0.5, 0.6) is 5.75 Å². The molecule has 0 saturated carbocycles. The van der Waals surface area contributed by atoms with Gasteiger partial charge in [0.1, 0.15) is 17.4 Å². The highest BCUT2D eigenvalue weighted by Gasteiger charge is 2.15. The normalized spacial score (nSPS) is 12.0. The van der Waals surface area contributed by atoms with Gasteiger partial charge in [-0.1, -0.05) is 6.07 Å². The van der Waals surface area contributed by atoms with Gasteiger partial charge in [0.25, 0.3) is 0 Å². The molecule has 16 heavy (non-hydrogen) atoms. The number of aliphatic hydroxyl groups is 2. The van der Waals surface area contributed by atoms with Gasteiger partial charge in [0.05, 0.1) is 20.8 Å². The number of carbonyl (C=O) groups is 1. The predicted octanol–water partition coefficient (Wildman–Crippen LogP) is 0.507. The summed E-state index contributed by atoms with van der Waals surface area (Å²) in [7, 11) is 2.69. The Kier molecular flexibility index (Phi) is 4.28. The van der Waals surface area contributed by atoms with E-state index in [2.05, 4.69) is 4.74 Å². The fourth-order valence-corrected chi connectivity index (χ4v) is 1.30. The van der Waals surface area contributed by atoms with Crippen LogP contribution in [0.1, 0.15) is 22.0 Å². The van der Waals surface area contributed by atoms with E-state index in [0.29, 0.717) is 11.3 Å². The second-order valence-corrected chi connectivity index (χ2v) is 3.15. The smallest absolute Gasteiger partial charge is 0.341 e. The van der Waals surface area contributed by atoms with Crippen molar-refractivity contribution in [3.05, 3.63) is 29.3 Å². The Morgan fingerprint density at radius 2 is 2.12 bits per heavy atom. The summed E-state index contributed by atoms with van der Waals surface area (Å²) in [6.07, 6.45) is -0.986. The van der Waals surface area contributed by atoms with E-state index in [1.165, 1.54) is 32.4 Å². The summed E-state index contributed by atoms with van der Waals surface area (Å²) < 4.78 is 9.58. The minimum Gasteiger partial charge on any atom is -0.496 e. The standard InChI is InChI=1S/C11H14O5/c1-15-10-5-7(9(13)6-12)3-4-8(10)11(14)16-2/h3-5,9,12-13H,6H2,1-2H3. The van der Waals surface area contributed by atoms with Crippen molar-refractivity contribution in [1.29, 1.82) is 0 Å². The van der Waals surface area contributed by atoms with Crippen LogP contribution in [0.2, 0.25) is 0 Å². The van der Waals surface area contributed by atoms with Crippen LogP contribution in [0.3, 0.4) is 0 Å². The zero-order valence-corrected chi connectivity index (χ0v) is 9.14. The molecule has 88 valence electrons. The van der Waals surface area contributed by atoms with Gasteiger partial charge >= 0.3 is 5.97 Å². The van der Waals surface area contributed by atoms with Gasteiger partial charge in [-0.15, -0.1) is 0 Å². The second kappa shape index (κ2) is 5.48. The van der Waals surface area contributed by atoms with Gasteiger partial charge in [0.15, 0.2) is 0 Å². The maximum Gasteiger partial charge on any atom is 0.341 e. The van der Waals surface area contributed by atoms with Gasteiger partial charge in [0.2, 0.25) is 0 Å². The topological polar surface area (TPSA) is 76.0 Å².